The fraction of sp³-hybridized carbons (Fsp3) is 0.421. The van der Waals surface area contributed by atoms with Gasteiger partial charge in [-0.3, -0.25) is 9.59 Å². The average molecular weight is 428 g/mol. The lowest BCUT2D eigenvalue weighted by Gasteiger charge is -2.32. The number of alkyl halides is 3. The molecule has 3 rings (SSSR count). The summed E-state index contributed by atoms with van der Waals surface area (Å²) >= 11 is 0. The Bertz CT molecular complexity index is 969. The molecule has 1 saturated heterocycles. The van der Waals surface area contributed by atoms with Gasteiger partial charge >= 0.3 is 6.18 Å². The molecule has 1 aromatic heterocycles. The number of hydrogen-bond donors (Lipinski definition) is 1. The molecule has 0 spiro atoms. The fourth-order valence-electron chi connectivity index (χ4n) is 3.13. The lowest BCUT2D eigenvalue weighted by atomic mass is 10.1. The SMILES string of the molecule is Cn1nccc(NCC(=O)N2CCC(Oc3cc(F)cc(C(F)(F)F)c3)CC2)c1=O. The van der Waals surface area contributed by atoms with Crippen molar-refractivity contribution >= 4 is 11.6 Å². The van der Waals surface area contributed by atoms with Crippen molar-refractivity contribution in [3.8, 4) is 5.75 Å². The number of nitrogens with one attached hydrogen (secondary N) is 1. The number of likely N-dealkylation sites (tertiary alicyclic amines) is 1. The number of aromatic nitrogens is 2. The van der Waals surface area contributed by atoms with Crippen molar-refractivity contribution in [3.05, 3.63) is 52.2 Å². The van der Waals surface area contributed by atoms with Crippen LogP contribution >= 0.6 is 0 Å². The fourth-order valence-corrected chi connectivity index (χ4v) is 3.13. The Morgan fingerprint density at radius 2 is 1.97 bits per heavy atom. The first-order valence-corrected chi connectivity index (χ1v) is 9.22. The van der Waals surface area contributed by atoms with Crippen molar-refractivity contribution in [3.63, 3.8) is 0 Å². The first kappa shape index (κ1) is 21.6. The van der Waals surface area contributed by atoms with Gasteiger partial charge in [0.05, 0.1) is 12.1 Å². The summed E-state index contributed by atoms with van der Waals surface area (Å²) in [5, 5.41) is 6.58. The quantitative estimate of drug-likeness (QED) is 0.741. The summed E-state index contributed by atoms with van der Waals surface area (Å²) in [6.45, 7) is 0.589. The molecule has 1 fully saturated rings. The van der Waals surface area contributed by atoms with Crippen LogP contribution in [0.5, 0.6) is 5.75 Å². The van der Waals surface area contributed by atoms with Crippen LogP contribution in [-0.2, 0) is 18.0 Å². The lowest BCUT2D eigenvalue weighted by Crippen LogP contribution is -2.44. The summed E-state index contributed by atoms with van der Waals surface area (Å²) in [5.74, 6) is -1.44. The highest BCUT2D eigenvalue weighted by atomic mass is 19.4. The zero-order valence-electron chi connectivity index (χ0n) is 16.1. The Morgan fingerprint density at radius 1 is 1.27 bits per heavy atom. The molecule has 0 unspecified atom stereocenters. The molecule has 11 heteroatoms. The Hall–Kier alpha value is -3.11. The van der Waals surface area contributed by atoms with E-state index in [1.165, 1.54) is 19.3 Å². The van der Waals surface area contributed by atoms with Gasteiger partial charge < -0.3 is 15.0 Å². The van der Waals surface area contributed by atoms with Crippen molar-refractivity contribution in [2.24, 2.45) is 7.05 Å². The molecule has 162 valence electrons. The van der Waals surface area contributed by atoms with Crippen molar-refractivity contribution in [1.82, 2.24) is 14.7 Å². The van der Waals surface area contributed by atoms with Crippen molar-refractivity contribution < 1.29 is 27.1 Å². The maximum atomic E-state index is 13.5. The van der Waals surface area contributed by atoms with Crippen molar-refractivity contribution in [2.75, 3.05) is 25.0 Å². The number of aryl methyl sites for hydroxylation is 1. The molecule has 1 aliphatic rings. The highest BCUT2D eigenvalue weighted by molar-refractivity contribution is 5.80. The number of rotatable bonds is 5. The van der Waals surface area contributed by atoms with Gasteiger partial charge in [0.15, 0.2) is 0 Å². The summed E-state index contributed by atoms with van der Waals surface area (Å²) in [5.41, 5.74) is -1.21. The van der Waals surface area contributed by atoms with E-state index in [0.29, 0.717) is 32.0 Å². The van der Waals surface area contributed by atoms with E-state index < -0.39 is 23.7 Å². The molecule has 0 aliphatic carbocycles. The van der Waals surface area contributed by atoms with Crippen LogP contribution in [0.15, 0.2) is 35.3 Å². The molecular formula is C19H20F4N4O3. The van der Waals surface area contributed by atoms with Crippen LogP contribution in [0.25, 0.3) is 0 Å². The first-order chi connectivity index (χ1) is 14.1. The smallest absolute Gasteiger partial charge is 0.416 e. The van der Waals surface area contributed by atoms with Crippen molar-refractivity contribution in [1.29, 1.82) is 0 Å². The summed E-state index contributed by atoms with van der Waals surface area (Å²) in [7, 11) is 1.50. The van der Waals surface area contributed by atoms with Crippen LogP contribution in [0.3, 0.4) is 0 Å². The second-order valence-electron chi connectivity index (χ2n) is 6.90. The van der Waals surface area contributed by atoms with E-state index in [9.17, 15) is 27.2 Å². The molecule has 30 heavy (non-hydrogen) atoms. The molecule has 1 N–H and O–H groups in total. The number of amides is 1. The lowest BCUT2D eigenvalue weighted by molar-refractivity contribution is -0.138. The maximum Gasteiger partial charge on any atom is 0.416 e. The third kappa shape index (κ3) is 5.28. The number of carbonyl (C=O) groups excluding carboxylic acids is 1. The van der Waals surface area contributed by atoms with Gasteiger partial charge in [-0.15, -0.1) is 0 Å². The zero-order chi connectivity index (χ0) is 21.9. The standard InChI is InChI=1S/C19H20F4N4O3/c1-26-18(29)16(2-5-25-26)24-11-17(28)27-6-3-14(4-7-27)30-15-9-12(19(21,22)23)8-13(20)10-15/h2,5,8-10,14,24H,3-4,6-7,11H2,1H3. The molecule has 2 heterocycles. The van der Waals surface area contributed by atoms with Crippen molar-refractivity contribution in [2.45, 2.75) is 25.1 Å². The largest absolute Gasteiger partial charge is 0.490 e. The number of ether oxygens (including phenoxy) is 1. The second kappa shape index (κ2) is 8.72. The zero-order valence-corrected chi connectivity index (χ0v) is 16.1. The predicted octanol–water partition coefficient (Wildman–Crippen LogP) is 2.42. The van der Waals surface area contributed by atoms with E-state index in [-0.39, 0.29) is 29.4 Å². The average Bonchev–Trinajstić information content (AvgIpc) is 2.68. The Kier molecular flexibility index (Phi) is 6.28. The predicted molar refractivity (Wildman–Crippen MR) is 99.6 cm³/mol. The topological polar surface area (TPSA) is 76.5 Å². The molecule has 1 aromatic carbocycles. The molecular weight excluding hydrogens is 408 g/mol. The molecule has 7 nitrogen and oxygen atoms in total. The number of carbonyl (C=O) groups is 1. The third-order valence-corrected chi connectivity index (χ3v) is 4.73. The van der Waals surface area contributed by atoms with E-state index in [1.807, 2.05) is 0 Å². The molecule has 1 amide bonds. The number of hydrogen-bond acceptors (Lipinski definition) is 5. The van der Waals surface area contributed by atoms with Crippen LogP contribution < -0.4 is 15.6 Å². The number of benzene rings is 1. The van der Waals surface area contributed by atoms with Gasteiger partial charge in [-0.2, -0.15) is 18.3 Å². The number of halogens is 4. The summed E-state index contributed by atoms with van der Waals surface area (Å²) < 4.78 is 58.6. The van der Waals surface area contributed by atoms with E-state index in [2.05, 4.69) is 10.4 Å². The van der Waals surface area contributed by atoms with Gasteiger partial charge in [-0.1, -0.05) is 0 Å². The van der Waals surface area contributed by atoms with Crippen LogP contribution in [0.1, 0.15) is 18.4 Å². The molecule has 0 radical (unpaired) electrons. The van der Waals surface area contributed by atoms with Crippen LogP contribution in [0.4, 0.5) is 23.2 Å². The van der Waals surface area contributed by atoms with Gasteiger partial charge in [0, 0.05) is 45.2 Å². The van der Waals surface area contributed by atoms with Crippen LogP contribution in [-0.4, -0.2) is 46.3 Å². The Labute approximate surface area is 169 Å². The van der Waals surface area contributed by atoms with E-state index in [0.717, 1.165) is 16.8 Å². The molecule has 1 aliphatic heterocycles. The second-order valence-corrected chi connectivity index (χ2v) is 6.90. The molecule has 0 bridgehead atoms. The molecule has 0 saturated carbocycles. The van der Waals surface area contributed by atoms with Gasteiger partial charge in [0.2, 0.25) is 5.91 Å². The minimum absolute atomic E-state index is 0.0797. The van der Waals surface area contributed by atoms with Crippen LogP contribution in [0.2, 0.25) is 0 Å². The Morgan fingerprint density at radius 3 is 2.63 bits per heavy atom. The third-order valence-electron chi connectivity index (χ3n) is 4.73. The van der Waals surface area contributed by atoms with Gasteiger partial charge in [-0.25, -0.2) is 9.07 Å². The minimum Gasteiger partial charge on any atom is -0.490 e. The number of nitrogens with zero attached hydrogens (tertiary/aromatic N) is 3. The molecule has 0 atom stereocenters. The van der Waals surface area contributed by atoms with Gasteiger partial charge in [0.1, 0.15) is 23.4 Å². The number of anilines is 1. The summed E-state index contributed by atoms with van der Waals surface area (Å²) in [4.78, 5) is 25.8. The van der Waals surface area contributed by atoms with E-state index in [1.54, 1.807) is 4.90 Å². The normalized spacial score (nSPS) is 15.2. The van der Waals surface area contributed by atoms with Gasteiger partial charge in [-0.05, 0) is 18.2 Å². The van der Waals surface area contributed by atoms with Gasteiger partial charge in [0.25, 0.3) is 5.56 Å². The molecule has 2 aromatic rings. The monoisotopic (exact) mass is 428 g/mol. The van der Waals surface area contributed by atoms with Crippen LogP contribution in [0, 0.1) is 5.82 Å². The number of piperidine rings is 1. The first-order valence-electron chi connectivity index (χ1n) is 9.22. The maximum absolute atomic E-state index is 13.5. The highest BCUT2D eigenvalue weighted by Crippen LogP contribution is 2.33. The van der Waals surface area contributed by atoms with E-state index in [4.69, 9.17) is 4.74 Å². The Balaban J connectivity index is 1.52. The summed E-state index contributed by atoms with van der Waals surface area (Å²) in [6.07, 6.45) is -2.88. The summed E-state index contributed by atoms with van der Waals surface area (Å²) in [6, 6.07) is 3.56. The highest BCUT2D eigenvalue weighted by Gasteiger charge is 2.32. The van der Waals surface area contributed by atoms with E-state index >= 15 is 0 Å². The minimum atomic E-state index is -4.67.